The van der Waals surface area contributed by atoms with Gasteiger partial charge in [-0.05, 0) is 64.7 Å². The zero-order valence-corrected chi connectivity index (χ0v) is 30.1. The fraction of sp³-hybridized carbons (Fsp3) is 0.486. The number of ketones is 1. The summed E-state index contributed by atoms with van der Waals surface area (Å²) in [7, 11) is 1.30. The second-order valence-corrected chi connectivity index (χ2v) is 12.8. The quantitative estimate of drug-likeness (QED) is 0.244. The van der Waals surface area contributed by atoms with E-state index >= 15 is 0 Å². The molecule has 6 rings (SSSR count). The molecule has 2 aromatic rings. The summed E-state index contributed by atoms with van der Waals surface area (Å²) in [6.07, 6.45) is 8.49. The van der Waals surface area contributed by atoms with Crippen molar-refractivity contribution in [1.29, 1.82) is 0 Å². The third-order valence-electron chi connectivity index (χ3n) is 10.4. The van der Waals surface area contributed by atoms with Crippen molar-refractivity contribution in [3.05, 3.63) is 83.7 Å². The van der Waals surface area contributed by atoms with E-state index < -0.39 is 17.9 Å². The average Bonchev–Trinajstić information content (AvgIpc) is 3.77. The Bertz CT molecular complexity index is 1860. The topological polar surface area (TPSA) is 126 Å². The van der Waals surface area contributed by atoms with Crippen molar-refractivity contribution in [3.63, 3.8) is 0 Å². The van der Waals surface area contributed by atoms with Gasteiger partial charge in [0, 0.05) is 12.0 Å². The van der Waals surface area contributed by atoms with Crippen LogP contribution in [0.15, 0.2) is 28.7 Å². The molecule has 1 unspecified atom stereocenters. The number of allylic oxidation sites excluding steroid dienone is 3. The molecular formula is C37H42MgN4O5-2. The first-order valence-electron chi connectivity index (χ1n) is 16.4. The van der Waals surface area contributed by atoms with Crippen LogP contribution in [-0.2, 0) is 25.5 Å². The molecule has 1 fully saturated rings. The Balaban J connectivity index is 0.00000433. The number of Topliss-reactive ketones (excluding diaryl/α,β-unsaturated/α-hetero) is 1. The first kappa shape index (κ1) is 34.8. The molecule has 3 aliphatic heterocycles. The molecule has 0 spiro atoms. The molecule has 2 aromatic heterocycles. The zero-order chi connectivity index (χ0) is 33.0. The maximum Gasteiger partial charge on any atom is 2.00 e. The monoisotopic (exact) mass is 646 g/mol. The minimum absolute atomic E-state index is 0. The Morgan fingerprint density at radius 1 is 0.957 bits per heavy atom. The molecule has 9 nitrogen and oxygen atoms in total. The minimum Gasteiger partial charge on any atom is -0.681 e. The van der Waals surface area contributed by atoms with Crippen LogP contribution in [0.4, 0.5) is 0 Å². The van der Waals surface area contributed by atoms with E-state index in [1.165, 1.54) is 12.7 Å². The van der Waals surface area contributed by atoms with Crippen LogP contribution in [0.3, 0.4) is 0 Å². The summed E-state index contributed by atoms with van der Waals surface area (Å²) in [5.41, 5.74) is 9.48. The number of hydrogen-bond donors (Lipinski definition) is 0. The molecule has 0 amide bonds. The maximum atomic E-state index is 14.1. The summed E-state index contributed by atoms with van der Waals surface area (Å²) in [6.45, 7) is 14.6. The van der Waals surface area contributed by atoms with Gasteiger partial charge in [0.2, 0.25) is 0 Å². The van der Waals surface area contributed by atoms with Crippen LogP contribution in [0.5, 0.6) is 0 Å². The summed E-state index contributed by atoms with van der Waals surface area (Å²) in [5.74, 6) is -2.49. The van der Waals surface area contributed by atoms with E-state index in [0.717, 1.165) is 52.4 Å². The Morgan fingerprint density at radius 2 is 1.70 bits per heavy atom. The van der Waals surface area contributed by atoms with Crippen LogP contribution in [0, 0.1) is 37.5 Å². The van der Waals surface area contributed by atoms with Crippen molar-refractivity contribution in [3.8, 4) is 0 Å². The number of rotatable bonds is 7. The summed E-state index contributed by atoms with van der Waals surface area (Å²) in [6, 6.07) is -0.559. The first-order chi connectivity index (χ1) is 22.0. The molecule has 5 heterocycles. The first-order valence-corrected chi connectivity index (χ1v) is 16.4. The average molecular weight is 647 g/mol. The second-order valence-electron chi connectivity index (χ2n) is 12.8. The molecular weight excluding hydrogens is 605 g/mol. The maximum absolute atomic E-state index is 14.1. The van der Waals surface area contributed by atoms with Gasteiger partial charge in [-0.15, -0.1) is 27.8 Å². The molecule has 1 saturated heterocycles. The minimum atomic E-state index is -1.15. The Morgan fingerprint density at radius 3 is 2.36 bits per heavy atom. The van der Waals surface area contributed by atoms with E-state index in [4.69, 9.17) is 30.1 Å². The van der Waals surface area contributed by atoms with Gasteiger partial charge in [-0.1, -0.05) is 72.9 Å². The predicted molar refractivity (Wildman–Crippen MR) is 182 cm³/mol. The molecule has 47 heavy (non-hydrogen) atoms. The van der Waals surface area contributed by atoms with Gasteiger partial charge in [0.25, 0.3) is 0 Å². The van der Waals surface area contributed by atoms with Gasteiger partial charge in [-0.3, -0.25) is 14.4 Å². The number of carbonyl (C=O) groups is 3. The standard InChI is InChI=1S/C37H43N4O5.Mg/c1-9-21-17(4)24-14-26-19(6)23(12-13-30(42)46-11-3)34(40-26)32-33(37(44)45-8)36(43)31-20(7)27(41-35(31)32)16-29-22(10-2)18(5)25(39-29)15-28(21)38-24;/h14-16,19,21,23,33-34H,9-13H2,1-8H3,(H-,38,39,43);/q-3;+2/p-1/b26-14-;/t19-,21+,23-,33+,34?;/m0./s1. The summed E-state index contributed by atoms with van der Waals surface area (Å²) < 4.78 is 10.5. The van der Waals surface area contributed by atoms with Crippen molar-refractivity contribution < 1.29 is 23.9 Å². The van der Waals surface area contributed by atoms with Crippen molar-refractivity contribution in [2.75, 3.05) is 13.7 Å². The van der Waals surface area contributed by atoms with Gasteiger partial charge in [-0.25, -0.2) is 0 Å². The molecule has 244 valence electrons. The third kappa shape index (κ3) is 5.71. The molecule has 1 aliphatic carbocycles. The van der Waals surface area contributed by atoms with E-state index in [0.29, 0.717) is 40.4 Å². The van der Waals surface area contributed by atoms with Crippen molar-refractivity contribution in [2.45, 2.75) is 80.2 Å². The number of carbonyl (C=O) groups excluding carboxylic acids is 3. The van der Waals surface area contributed by atoms with Crippen LogP contribution in [0.25, 0.3) is 28.4 Å². The molecule has 0 N–H and O–H groups in total. The van der Waals surface area contributed by atoms with Crippen molar-refractivity contribution in [1.82, 2.24) is 9.97 Å². The molecule has 0 aromatic carbocycles. The summed E-state index contributed by atoms with van der Waals surface area (Å²) in [5, 5.41) is 11.5. The normalized spacial score (nSPS) is 27.1. The number of ether oxygens (including phenoxy) is 2. The number of nitrogens with zero attached hydrogens (tertiary/aromatic N) is 4. The molecule has 10 heteroatoms. The van der Waals surface area contributed by atoms with E-state index in [1.807, 2.05) is 13.0 Å². The van der Waals surface area contributed by atoms with Crippen LogP contribution in [0.1, 0.15) is 92.3 Å². The van der Waals surface area contributed by atoms with Gasteiger partial charge >= 0.3 is 35.0 Å². The summed E-state index contributed by atoms with van der Waals surface area (Å²) in [4.78, 5) is 50.1. The zero-order valence-electron chi connectivity index (χ0n) is 28.7. The molecule has 0 saturated carbocycles. The van der Waals surface area contributed by atoms with Crippen LogP contribution in [0.2, 0.25) is 0 Å². The SMILES string of the molecule is CCOC(=O)CC[C@@H]1C2[N-]/C(=C\C3=C(C)[C@@H](CC)/C(=C/c4[n-]c(c(CC)c4C)/C=c4\[n-]c5c(c4C)C(=O)[C@H](C(=O)OC)C=52)[N-]3)[C@H]1C.[Mg+2]. The van der Waals surface area contributed by atoms with Gasteiger partial charge in [-0.2, -0.15) is 11.4 Å². The number of esters is 2. The Labute approximate surface area is 292 Å². The predicted octanol–water partition coefficient (Wildman–Crippen LogP) is 4.64. The second kappa shape index (κ2) is 13.5. The van der Waals surface area contributed by atoms with Gasteiger partial charge in [0.15, 0.2) is 5.78 Å². The Hall–Kier alpha value is -3.50. The van der Waals surface area contributed by atoms with Gasteiger partial charge < -0.3 is 30.1 Å². The van der Waals surface area contributed by atoms with Crippen molar-refractivity contribution >= 4 is 58.5 Å². The molecule has 0 radical (unpaired) electrons. The molecule has 8 bridgehead atoms. The van der Waals surface area contributed by atoms with Crippen LogP contribution >= 0.6 is 0 Å². The number of aromatic nitrogens is 2. The van der Waals surface area contributed by atoms with Crippen LogP contribution < -0.4 is 20.7 Å². The third-order valence-corrected chi connectivity index (χ3v) is 10.4. The van der Waals surface area contributed by atoms with Gasteiger partial charge in [0.05, 0.1) is 13.7 Å². The Kier molecular flexibility index (Phi) is 10.0. The fourth-order valence-electron chi connectivity index (χ4n) is 7.81. The van der Waals surface area contributed by atoms with E-state index in [9.17, 15) is 14.4 Å². The fourth-order valence-corrected chi connectivity index (χ4v) is 7.81. The van der Waals surface area contributed by atoms with Gasteiger partial charge in [0.1, 0.15) is 5.92 Å². The number of methoxy groups -OCH3 is 1. The number of hydrogen-bond acceptors (Lipinski definition) is 5. The summed E-state index contributed by atoms with van der Waals surface area (Å²) >= 11 is 0. The smallest absolute Gasteiger partial charge is 0.681 e. The molecule has 4 aliphatic rings. The van der Waals surface area contributed by atoms with E-state index in [-0.39, 0.29) is 59.0 Å². The van der Waals surface area contributed by atoms with E-state index in [2.05, 4.69) is 46.8 Å². The largest absolute Gasteiger partial charge is 2.00 e. The van der Waals surface area contributed by atoms with Crippen LogP contribution in [-0.4, -0.2) is 60.5 Å². The number of fused-ring (bicyclic) bond motifs is 8. The van der Waals surface area contributed by atoms with Crippen molar-refractivity contribution in [2.24, 2.45) is 23.7 Å². The molecule has 5 atom stereocenters. The van der Waals surface area contributed by atoms with E-state index in [1.54, 1.807) is 6.92 Å².